The molecule has 0 bridgehead atoms. The van der Waals surface area contributed by atoms with E-state index < -0.39 is 11.9 Å². The van der Waals surface area contributed by atoms with E-state index in [2.05, 4.69) is 9.47 Å². The average molecular weight is 459 g/mol. The second kappa shape index (κ2) is 13.4. The number of carbonyl (C=O) groups excluding carboxylic acids is 3. The van der Waals surface area contributed by atoms with Crippen LogP contribution in [-0.4, -0.2) is 50.8 Å². The molecule has 0 aliphatic rings. The molecule has 0 atom stereocenters. The minimum atomic E-state index is -0.512. The van der Waals surface area contributed by atoms with Crippen LogP contribution in [-0.2, 0) is 25.7 Å². The Morgan fingerprint density at radius 2 is 1.40 bits per heavy atom. The highest BCUT2D eigenvalue weighted by Crippen LogP contribution is 2.23. The van der Waals surface area contributed by atoms with Gasteiger partial charge in [-0.25, -0.2) is 9.59 Å². The first kappa shape index (κ1) is 25.2. The van der Waals surface area contributed by atoms with Crippen LogP contribution < -0.4 is 9.47 Å². The van der Waals surface area contributed by atoms with Crippen molar-refractivity contribution in [3.63, 3.8) is 0 Å². The Hall–Kier alpha value is -2.81. The van der Waals surface area contributed by atoms with Crippen molar-refractivity contribution in [3.05, 3.63) is 57.6 Å². The predicted molar refractivity (Wildman–Crippen MR) is 109 cm³/mol. The molecule has 0 amide bonds. The van der Waals surface area contributed by atoms with E-state index in [9.17, 15) is 14.4 Å². The van der Waals surface area contributed by atoms with Crippen molar-refractivity contribution in [2.45, 2.75) is 6.61 Å². The molecule has 0 aliphatic heterocycles. The molecule has 2 aromatic carbocycles. The summed E-state index contributed by atoms with van der Waals surface area (Å²) in [6, 6.07) is 9.34. The fraction of sp³-hybridized carbons (Fsp3) is 0.250. The Bertz CT molecular complexity index is 870. The molecule has 0 radical (unpaired) electrons. The molecule has 0 aliphatic carbocycles. The molecule has 30 heavy (non-hydrogen) atoms. The fourth-order valence-electron chi connectivity index (χ4n) is 1.95. The van der Waals surface area contributed by atoms with E-state index in [4.69, 9.17) is 37.8 Å². The molecule has 2 rings (SSSR count). The van der Waals surface area contributed by atoms with E-state index in [-0.39, 0.29) is 19.8 Å². The van der Waals surface area contributed by atoms with Crippen LogP contribution in [0.5, 0.6) is 11.5 Å². The number of aliphatic hydroxyl groups is 1. The first-order valence-corrected chi connectivity index (χ1v) is 9.13. The van der Waals surface area contributed by atoms with Gasteiger partial charge >= 0.3 is 11.9 Å². The molecule has 0 unspecified atom stereocenters. The lowest BCUT2D eigenvalue weighted by Crippen LogP contribution is -2.13. The van der Waals surface area contributed by atoms with Crippen LogP contribution in [0.4, 0.5) is 0 Å². The number of esters is 2. The lowest BCUT2D eigenvalue weighted by atomic mass is 10.2. The van der Waals surface area contributed by atoms with Crippen LogP contribution in [0.2, 0.25) is 10.0 Å². The van der Waals surface area contributed by atoms with Crippen molar-refractivity contribution in [1.82, 2.24) is 0 Å². The highest BCUT2D eigenvalue weighted by atomic mass is 35.5. The number of benzene rings is 2. The minimum Gasteiger partial charge on any atom is -0.482 e. The molecule has 0 aromatic heterocycles. The lowest BCUT2D eigenvalue weighted by molar-refractivity contribution is -0.143. The van der Waals surface area contributed by atoms with E-state index in [1.54, 1.807) is 24.3 Å². The molecule has 0 saturated carbocycles. The zero-order valence-electron chi connectivity index (χ0n) is 16.2. The summed E-state index contributed by atoms with van der Waals surface area (Å²) in [5, 5.41) is 9.95. The van der Waals surface area contributed by atoms with Crippen molar-refractivity contribution < 1.29 is 38.4 Å². The minimum absolute atomic E-state index is 0.189. The summed E-state index contributed by atoms with van der Waals surface area (Å²) in [4.78, 5) is 32.2. The quantitative estimate of drug-likeness (QED) is 0.474. The molecule has 0 heterocycles. The zero-order valence-corrected chi connectivity index (χ0v) is 17.7. The number of halogens is 2. The zero-order chi connectivity index (χ0) is 22.5. The van der Waals surface area contributed by atoms with Crippen LogP contribution in [0.15, 0.2) is 36.4 Å². The van der Waals surface area contributed by atoms with Crippen LogP contribution in [0, 0.1) is 0 Å². The number of carbonyl (C=O) groups is 3. The largest absolute Gasteiger partial charge is 0.482 e. The fourth-order valence-corrected chi connectivity index (χ4v) is 2.32. The predicted octanol–water partition coefficient (Wildman–Crippen LogP) is 3.09. The molecule has 1 N–H and O–H groups in total. The third-order valence-corrected chi connectivity index (χ3v) is 3.91. The summed E-state index contributed by atoms with van der Waals surface area (Å²) in [6.07, 6.45) is 0.610. The maximum atomic E-state index is 10.8. The van der Waals surface area contributed by atoms with Gasteiger partial charge in [0.05, 0.1) is 26.4 Å². The molecule has 10 heteroatoms. The van der Waals surface area contributed by atoms with Gasteiger partial charge in [0.2, 0.25) is 0 Å². The van der Waals surface area contributed by atoms with Crippen LogP contribution in [0.25, 0.3) is 0 Å². The standard InChI is InChI=1S/C10H11ClO4.C10H9ClO4/c2*1-14-10(13)6-15-9-3-2-8(11)4-7(9)5-12/h2-4,12H,5-6H2,1H3;2-5H,6H2,1H3. The number of rotatable bonds is 8. The van der Waals surface area contributed by atoms with E-state index in [1.165, 1.54) is 26.4 Å². The normalized spacial score (nSPS) is 9.63. The number of aldehydes is 1. The first-order chi connectivity index (χ1) is 14.3. The van der Waals surface area contributed by atoms with E-state index in [1.807, 2.05) is 0 Å². The monoisotopic (exact) mass is 458 g/mol. The van der Waals surface area contributed by atoms with E-state index >= 15 is 0 Å². The van der Waals surface area contributed by atoms with Crippen LogP contribution >= 0.6 is 23.2 Å². The third-order valence-electron chi connectivity index (χ3n) is 3.44. The average Bonchev–Trinajstić information content (AvgIpc) is 2.76. The van der Waals surface area contributed by atoms with Gasteiger partial charge in [0.1, 0.15) is 11.5 Å². The Morgan fingerprint density at radius 3 is 1.90 bits per heavy atom. The van der Waals surface area contributed by atoms with Crippen molar-refractivity contribution in [3.8, 4) is 11.5 Å². The maximum absolute atomic E-state index is 10.8. The van der Waals surface area contributed by atoms with Crippen molar-refractivity contribution in [1.29, 1.82) is 0 Å². The molecular weight excluding hydrogens is 439 g/mol. The Labute approximate surface area is 183 Å². The van der Waals surface area contributed by atoms with Gasteiger partial charge in [0.25, 0.3) is 0 Å². The Morgan fingerprint density at radius 1 is 0.900 bits per heavy atom. The number of ether oxygens (including phenoxy) is 4. The number of hydrogen-bond donors (Lipinski definition) is 1. The van der Waals surface area contributed by atoms with Gasteiger partial charge in [0, 0.05) is 15.6 Å². The second-order valence-electron chi connectivity index (χ2n) is 5.44. The van der Waals surface area contributed by atoms with Crippen LogP contribution in [0.3, 0.4) is 0 Å². The summed E-state index contributed by atoms with van der Waals surface area (Å²) >= 11 is 11.4. The summed E-state index contributed by atoms with van der Waals surface area (Å²) < 4.78 is 19.0. The number of aliphatic hydroxyl groups excluding tert-OH is 1. The summed E-state index contributed by atoms with van der Waals surface area (Å²) in [7, 11) is 2.54. The molecular formula is C20H20Cl2O8. The third kappa shape index (κ3) is 8.69. The van der Waals surface area contributed by atoms with Gasteiger partial charge in [-0.1, -0.05) is 23.2 Å². The van der Waals surface area contributed by atoms with Gasteiger partial charge < -0.3 is 24.1 Å². The Kier molecular flexibility index (Phi) is 11.3. The van der Waals surface area contributed by atoms with Gasteiger partial charge in [-0.05, 0) is 36.4 Å². The summed E-state index contributed by atoms with van der Waals surface area (Å²) in [5.74, 6) is -0.261. The first-order valence-electron chi connectivity index (χ1n) is 8.37. The second-order valence-corrected chi connectivity index (χ2v) is 6.31. The van der Waals surface area contributed by atoms with E-state index in [0.29, 0.717) is 39.0 Å². The molecule has 0 fully saturated rings. The van der Waals surface area contributed by atoms with Gasteiger partial charge in [-0.2, -0.15) is 0 Å². The summed E-state index contributed by atoms with van der Waals surface area (Å²) in [5.41, 5.74) is 0.831. The van der Waals surface area contributed by atoms with Gasteiger partial charge in [-0.15, -0.1) is 0 Å². The molecule has 0 spiro atoms. The molecule has 0 saturated heterocycles. The topological polar surface area (TPSA) is 108 Å². The van der Waals surface area contributed by atoms with E-state index in [0.717, 1.165) is 0 Å². The van der Waals surface area contributed by atoms with Crippen molar-refractivity contribution >= 4 is 41.4 Å². The SMILES string of the molecule is COC(=O)COc1ccc(Cl)cc1C=O.COC(=O)COc1ccc(Cl)cc1CO. The van der Waals surface area contributed by atoms with Gasteiger partial charge in [0.15, 0.2) is 19.5 Å². The van der Waals surface area contributed by atoms with Crippen LogP contribution in [0.1, 0.15) is 15.9 Å². The molecule has 162 valence electrons. The maximum Gasteiger partial charge on any atom is 0.343 e. The number of methoxy groups -OCH3 is 2. The molecule has 8 nitrogen and oxygen atoms in total. The smallest absolute Gasteiger partial charge is 0.343 e. The number of hydrogen-bond acceptors (Lipinski definition) is 8. The van der Waals surface area contributed by atoms with Crippen molar-refractivity contribution in [2.24, 2.45) is 0 Å². The van der Waals surface area contributed by atoms with Gasteiger partial charge in [-0.3, -0.25) is 4.79 Å². The summed E-state index contributed by atoms with van der Waals surface area (Å²) in [6.45, 7) is -0.624. The van der Waals surface area contributed by atoms with Crippen molar-refractivity contribution in [2.75, 3.05) is 27.4 Å². The highest BCUT2D eigenvalue weighted by Gasteiger charge is 2.07. The molecule has 2 aromatic rings. The lowest BCUT2D eigenvalue weighted by Gasteiger charge is -2.08. The highest BCUT2D eigenvalue weighted by molar-refractivity contribution is 6.31. The Balaban J connectivity index is 0.000000300.